The molecule has 18 heavy (non-hydrogen) atoms. The van der Waals surface area contributed by atoms with E-state index in [1.807, 2.05) is 12.1 Å². The van der Waals surface area contributed by atoms with E-state index in [2.05, 4.69) is 19.9 Å². The van der Waals surface area contributed by atoms with E-state index in [4.69, 9.17) is 4.42 Å². The second-order valence-corrected chi connectivity index (χ2v) is 6.04. The van der Waals surface area contributed by atoms with Crippen LogP contribution in [0.1, 0.15) is 38.9 Å². The van der Waals surface area contributed by atoms with Crippen molar-refractivity contribution >= 4 is 16.9 Å². The van der Waals surface area contributed by atoms with Crippen molar-refractivity contribution in [1.82, 2.24) is 0 Å². The number of thioether (sulfide) groups is 1. The average molecular weight is 264 g/mol. The van der Waals surface area contributed by atoms with Crippen molar-refractivity contribution in [3.05, 3.63) is 35.8 Å². The molecule has 1 aromatic rings. The Morgan fingerprint density at radius 2 is 2.44 bits per heavy atom. The lowest BCUT2D eigenvalue weighted by Gasteiger charge is -2.25. The highest BCUT2D eigenvalue weighted by atomic mass is 32.2. The second kappa shape index (κ2) is 6.28. The zero-order chi connectivity index (χ0) is 13.0. The van der Waals surface area contributed by atoms with Gasteiger partial charge >= 0.3 is 0 Å². The van der Waals surface area contributed by atoms with Crippen LogP contribution in [0.2, 0.25) is 0 Å². The molecule has 1 aromatic heterocycles. The third kappa shape index (κ3) is 3.52. The molecule has 98 valence electrons. The first-order valence-electron chi connectivity index (χ1n) is 6.51. The van der Waals surface area contributed by atoms with Crippen LogP contribution in [0.4, 0.5) is 0 Å². The van der Waals surface area contributed by atoms with Crippen molar-refractivity contribution in [2.45, 2.75) is 38.9 Å². The standard InChI is InChI=1S/C15H20O2S/c1-11-5-7-13(8-6-11)12(2)15(16)18-10-14-4-3-9-17-14/h3-5,9,12-13H,6-8,10H2,1-2H3/t12?,13-/m0/s1. The van der Waals surface area contributed by atoms with Crippen molar-refractivity contribution < 1.29 is 9.21 Å². The van der Waals surface area contributed by atoms with Gasteiger partial charge < -0.3 is 4.42 Å². The number of furan rings is 1. The first-order chi connectivity index (χ1) is 8.66. The zero-order valence-corrected chi connectivity index (χ0v) is 11.8. The molecule has 0 radical (unpaired) electrons. The molecule has 0 fully saturated rings. The van der Waals surface area contributed by atoms with Crippen LogP contribution in [0.25, 0.3) is 0 Å². The van der Waals surface area contributed by atoms with Crippen LogP contribution in [0.5, 0.6) is 0 Å². The minimum absolute atomic E-state index is 0.148. The van der Waals surface area contributed by atoms with Crippen LogP contribution in [0, 0.1) is 11.8 Å². The molecule has 2 nitrogen and oxygen atoms in total. The Labute approximate surface area is 113 Å². The third-order valence-electron chi connectivity index (χ3n) is 3.69. The van der Waals surface area contributed by atoms with Crippen molar-refractivity contribution in [2.75, 3.05) is 0 Å². The van der Waals surface area contributed by atoms with E-state index in [1.54, 1.807) is 6.26 Å². The smallest absolute Gasteiger partial charge is 0.192 e. The van der Waals surface area contributed by atoms with Crippen LogP contribution in [0.3, 0.4) is 0 Å². The summed E-state index contributed by atoms with van der Waals surface area (Å²) in [6.07, 6.45) is 7.29. The van der Waals surface area contributed by atoms with Crippen molar-refractivity contribution in [2.24, 2.45) is 11.8 Å². The summed E-state index contributed by atoms with van der Waals surface area (Å²) >= 11 is 1.38. The van der Waals surface area contributed by atoms with Crippen molar-refractivity contribution in [3.63, 3.8) is 0 Å². The Hall–Kier alpha value is -0.960. The molecule has 0 N–H and O–H groups in total. The monoisotopic (exact) mass is 264 g/mol. The molecule has 1 aliphatic rings. The summed E-state index contributed by atoms with van der Waals surface area (Å²) in [6, 6.07) is 3.77. The molecule has 2 rings (SSSR count). The van der Waals surface area contributed by atoms with E-state index in [0.717, 1.165) is 25.0 Å². The quantitative estimate of drug-likeness (QED) is 0.754. The van der Waals surface area contributed by atoms with E-state index in [9.17, 15) is 4.79 Å². The molecular weight excluding hydrogens is 244 g/mol. The predicted octanol–water partition coefficient (Wildman–Crippen LogP) is 4.42. The van der Waals surface area contributed by atoms with Gasteiger partial charge in [-0.15, -0.1) is 0 Å². The molecule has 0 bridgehead atoms. The van der Waals surface area contributed by atoms with E-state index < -0.39 is 0 Å². The lowest BCUT2D eigenvalue weighted by molar-refractivity contribution is -0.115. The molecule has 1 unspecified atom stereocenters. The summed E-state index contributed by atoms with van der Waals surface area (Å²) in [4.78, 5) is 12.1. The molecule has 0 aromatic carbocycles. The maximum absolute atomic E-state index is 12.1. The van der Waals surface area contributed by atoms with Crippen molar-refractivity contribution in [1.29, 1.82) is 0 Å². The van der Waals surface area contributed by atoms with Gasteiger partial charge in [-0.25, -0.2) is 0 Å². The van der Waals surface area contributed by atoms with E-state index in [1.165, 1.54) is 17.3 Å². The van der Waals surface area contributed by atoms with Gasteiger partial charge in [0, 0.05) is 5.92 Å². The second-order valence-electron chi connectivity index (χ2n) is 5.06. The van der Waals surface area contributed by atoms with Gasteiger partial charge in [0.25, 0.3) is 0 Å². The minimum Gasteiger partial charge on any atom is -0.468 e. The molecule has 0 saturated heterocycles. The lowest BCUT2D eigenvalue weighted by Crippen LogP contribution is -2.20. The van der Waals surface area contributed by atoms with Gasteiger partial charge in [0.15, 0.2) is 5.12 Å². The highest BCUT2D eigenvalue weighted by molar-refractivity contribution is 8.13. The summed E-state index contributed by atoms with van der Waals surface area (Å²) < 4.78 is 5.24. The third-order valence-corrected chi connectivity index (χ3v) is 4.78. The number of hydrogen-bond donors (Lipinski definition) is 0. The van der Waals surface area contributed by atoms with E-state index in [-0.39, 0.29) is 5.92 Å². The van der Waals surface area contributed by atoms with Crippen LogP contribution in [0.15, 0.2) is 34.5 Å². The summed E-state index contributed by atoms with van der Waals surface area (Å²) in [6.45, 7) is 4.24. The molecule has 0 spiro atoms. The molecule has 2 atom stereocenters. The van der Waals surface area contributed by atoms with Gasteiger partial charge in [-0.2, -0.15) is 0 Å². The number of rotatable bonds is 4. The maximum atomic E-state index is 12.1. The molecule has 1 aliphatic carbocycles. The summed E-state index contributed by atoms with van der Waals surface area (Å²) in [5, 5.41) is 0.296. The summed E-state index contributed by atoms with van der Waals surface area (Å²) in [5.41, 5.74) is 1.47. The molecule has 0 saturated carbocycles. The Kier molecular flexibility index (Phi) is 4.70. The topological polar surface area (TPSA) is 30.2 Å². The normalized spacial score (nSPS) is 21.4. The summed E-state index contributed by atoms with van der Waals surface area (Å²) in [7, 11) is 0. The first kappa shape index (κ1) is 13.5. The first-order valence-corrected chi connectivity index (χ1v) is 7.50. The largest absolute Gasteiger partial charge is 0.468 e. The van der Waals surface area contributed by atoms with Gasteiger partial charge in [-0.05, 0) is 44.2 Å². The fourth-order valence-electron chi connectivity index (χ4n) is 2.30. The minimum atomic E-state index is 0.148. The summed E-state index contributed by atoms with van der Waals surface area (Å²) in [5.74, 6) is 2.19. The Morgan fingerprint density at radius 1 is 1.61 bits per heavy atom. The van der Waals surface area contributed by atoms with Crippen molar-refractivity contribution in [3.8, 4) is 0 Å². The Bertz CT molecular complexity index is 420. The number of carbonyl (C=O) groups excluding carboxylic acids is 1. The highest BCUT2D eigenvalue weighted by Gasteiger charge is 2.25. The predicted molar refractivity (Wildman–Crippen MR) is 75.3 cm³/mol. The SMILES string of the molecule is CC1=CC[C@H](C(C)C(=O)SCc2ccco2)CC1. The zero-order valence-electron chi connectivity index (χ0n) is 11.0. The molecule has 0 aliphatic heterocycles. The Morgan fingerprint density at radius 3 is 3.06 bits per heavy atom. The van der Waals surface area contributed by atoms with Gasteiger partial charge in [-0.3, -0.25) is 4.79 Å². The highest BCUT2D eigenvalue weighted by Crippen LogP contribution is 2.32. The average Bonchev–Trinajstić information content (AvgIpc) is 2.89. The molecular formula is C15H20O2S. The van der Waals surface area contributed by atoms with Gasteiger partial charge in [0.2, 0.25) is 0 Å². The molecule has 1 heterocycles. The van der Waals surface area contributed by atoms with Crippen LogP contribution in [-0.4, -0.2) is 5.12 Å². The van der Waals surface area contributed by atoms with E-state index in [0.29, 0.717) is 16.8 Å². The molecule has 0 amide bonds. The van der Waals surface area contributed by atoms with E-state index >= 15 is 0 Å². The van der Waals surface area contributed by atoms with Crippen LogP contribution in [-0.2, 0) is 10.5 Å². The fraction of sp³-hybridized carbons (Fsp3) is 0.533. The van der Waals surface area contributed by atoms with Gasteiger partial charge in [-0.1, -0.05) is 30.3 Å². The lowest BCUT2D eigenvalue weighted by atomic mass is 9.82. The maximum Gasteiger partial charge on any atom is 0.192 e. The van der Waals surface area contributed by atoms with Crippen LogP contribution < -0.4 is 0 Å². The number of carbonyl (C=O) groups is 1. The number of allylic oxidation sites excluding steroid dienone is 2. The molecule has 3 heteroatoms. The number of hydrogen-bond acceptors (Lipinski definition) is 3. The fourth-order valence-corrected chi connectivity index (χ4v) is 3.20. The Balaban J connectivity index is 1.81. The van der Waals surface area contributed by atoms with Gasteiger partial charge in [0.1, 0.15) is 5.76 Å². The van der Waals surface area contributed by atoms with Gasteiger partial charge in [0.05, 0.1) is 12.0 Å². The van der Waals surface area contributed by atoms with Crippen LogP contribution >= 0.6 is 11.8 Å².